The van der Waals surface area contributed by atoms with Gasteiger partial charge in [-0.1, -0.05) is 0 Å². The number of aryl methyl sites for hydroxylation is 1. The fourth-order valence-electron chi connectivity index (χ4n) is 1.25. The lowest BCUT2D eigenvalue weighted by Crippen LogP contribution is -2.17. The van der Waals surface area contributed by atoms with E-state index in [0.29, 0.717) is 0 Å². The number of hydrogen-bond donors (Lipinski definition) is 0. The molecule has 0 spiro atoms. The minimum absolute atomic E-state index is 0.0400. The van der Waals surface area contributed by atoms with Gasteiger partial charge in [-0.2, -0.15) is 0 Å². The Morgan fingerprint density at radius 1 is 1.31 bits per heavy atom. The van der Waals surface area contributed by atoms with Crippen molar-refractivity contribution in [3.63, 3.8) is 0 Å². The van der Waals surface area contributed by atoms with E-state index in [1.54, 1.807) is 0 Å². The number of oxazole rings is 1. The zero-order valence-corrected chi connectivity index (χ0v) is 7.93. The topological polar surface area (TPSA) is 35.3 Å². The molecule has 16 heavy (non-hydrogen) atoms. The molecule has 0 bridgehead atoms. The summed E-state index contributed by atoms with van der Waals surface area (Å²) in [5, 5.41) is 0. The number of aromatic nitrogens is 1. The number of halogens is 4. The van der Waals surface area contributed by atoms with E-state index in [-0.39, 0.29) is 17.0 Å². The third-order valence-corrected chi connectivity index (χ3v) is 1.77. The average Bonchev–Trinajstić information content (AvgIpc) is 2.42. The fourth-order valence-corrected chi connectivity index (χ4v) is 1.25. The molecule has 0 fully saturated rings. The Kier molecular flexibility index (Phi) is 2.25. The third-order valence-electron chi connectivity index (χ3n) is 1.77. The van der Waals surface area contributed by atoms with Gasteiger partial charge in [-0.15, -0.1) is 13.2 Å². The molecule has 0 aliphatic heterocycles. The van der Waals surface area contributed by atoms with E-state index in [4.69, 9.17) is 4.42 Å². The molecule has 0 saturated heterocycles. The monoisotopic (exact) mass is 235 g/mol. The maximum Gasteiger partial charge on any atom is 0.573 e. The summed E-state index contributed by atoms with van der Waals surface area (Å²) in [6, 6.07) is 1.64. The number of ether oxygens (including phenoxy) is 1. The first-order valence-electron chi connectivity index (χ1n) is 4.17. The summed E-state index contributed by atoms with van der Waals surface area (Å²) in [6.07, 6.45) is -4.94. The molecule has 7 heteroatoms. The second-order valence-electron chi connectivity index (χ2n) is 3.03. The van der Waals surface area contributed by atoms with Crippen molar-refractivity contribution in [1.29, 1.82) is 0 Å². The number of benzene rings is 1. The van der Waals surface area contributed by atoms with Crippen LogP contribution in [-0.2, 0) is 0 Å². The van der Waals surface area contributed by atoms with Gasteiger partial charge in [0.05, 0.1) is 0 Å². The van der Waals surface area contributed by atoms with Gasteiger partial charge < -0.3 is 9.15 Å². The van der Waals surface area contributed by atoms with Crippen LogP contribution in [0.2, 0.25) is 0 Å². The van der Waals surface area contributed by atoms with Crippen molar-refractivity contribution in [2.75, 3.05) is 0 Å². The molecule has 0 radical (unpaired) electrons. The summed E-state index contributed by atoms with van der Waals surface area (Å²) in [7, 11) is 0. The van der Waals surface area contributed by atoms with Gasteiger partial charge in [0.1, 0.15) is 5.52 Å². The van der Waals surface area contributed by atoms with E-state index in [2.05, 4.69) is 9.72 Å². The summed E-state index contributed by atoms with van der Waals surface area (Å²) in [4.78, 5) is 3.77. The van der Waals surface area contributed by atoms with Gasteiger partial charge in [0, 0.05) is 19.1 Å². The normalized spacial score (nSPS) is 12.1. The highest BCUT2D eigenvalue weighted by atomic mass is 19.4. The predicted molar refractivity (Wildman–Crippen MR) is 45.4 cm³/mol. The molecule has 2 rings (SSSR count). The molecule has 0 saturated carbocycles. The zero-order valence-electron chi connectivity index (χ0n) is 7.93. The Morgan fingerprint density at radius 3 is 2.62 bits per heavy atom. The molecular formula is C9H5F4NO2. The van der Waals surface area contributed by atoms with Gasteiger partial charge in [0.25, 0.3) is 0 Å². The van der Waals surface area contributed by atoms with Crippen molar-refractivity contribution in [2.45, 2.75) is 13.3 Å². The van der Waals surface area contributed by atoms with E-state index in [1.165, 1.54) is 6.92 Å². The second kappa shape index (κ2) is 3.36. The molecule has 1 heterocycles. The maximum atomic E-state index is 13.2. The average molecular weight is 235 g/mol. The SMILES string of the molecule is Cc1nc2cc(F)c(OC(F)(F)F)cc2o1. The van der Waals surface area contributed by atoms with Crippen LogP contribution in [0.1, 0.15) is 5.89 Å². The molecule has 86 valence electrons. The van der Waals surface area contributed by atoms with E-state index < -0.39 is 17.9 Å². The molecule has 0 aliphatic rings. The van der Waals surface area contributed by atoms with Crippen LogP contribution in [0.15, 0.2) is 16.5 Å². The van der Waals surface area contributed by atoms with Crippen molar-refractivity contribution in [3.05, 3.63) is 23.8 Å². The highest BCUT2D eigenvalue weighted by molar-refractivity contribution is 5.74. The zero-order chi connectivity index (χ0) is 11.9. The number of alkyl halides is 3. The first kappa shape index (κ1) is 10.7. The molecule has 1 aromatic carbocycles. The van der Waals surface area contributed by atoms with Crippen LogP contribution < -0.4 is 4.74 Å². The van der Waals surface area contributed by atoms with Crippen molar-refractivity contribution < 1.29 is 26.7 Å². The largest absolute Gasteiger partial charge is 0.573 e. The molecule has 0 amide bonds. The van der Waals surface area contributed by atoms with Crippen molar-refractivity contribution >= 4 is 11.1 Å². The Morgan fingerprint density at radius 2 is 2.00 bits per heavy atom. The van der Waals surface area contributed by atoms with E-state index in [1.807, 2.05) is 0 Å². The molecule has 1 aromatic heterocycles. The first-order valence-corrected chi connectivity index (χ1v) is 4.17. The summed E-state index contributed by atoms with van der Waals surface area (Å²) in [5.41, 5.74) is 0.183. The van der Waals surface area contributed by atoms with Crippen molar-refractivity contribution in [1.82, 2.24) is 4.98 Å². The highest BCUT2D eigenvalue weighted by Gasteiger charge is 2.32. The van der Waals surface area contributed by atoms with Crippen LogP contribution in [0.3, 0.4) is 0 Å². The third kappa shape index (κ3) is 2.07. The van der Waals surface area contributed by atoms with Gasteiger partial charge in [-0.3, -0.25) is 0 Å². The molecule has 2 aromatic rings. The summed E-state index contributed by atoms with van der Waals surface area (Å²) in [6.45, 7) is 1.50. The summed E-state index contributed by atoms with van der Waals surface area (Å²) >= 11 is 0. The molecular weight excluding hydrogens is 230 g/mol. The molecule has 0 unspecified atom stereocenters. The smallest absolute Gasteiger partial charge is 0.441 e. The number of hydrogen-bond acceptors (Lipinski definition) is 3. The molecule has 0 atom stereocenters. The van der Waals surface area contributed by atoms with Crippen LogP contribution in [0.25, 0.3) is 11.1 Å². The van der Waals surface area contributed by atoms with Gasteiger partial charge in [0.15, 0.2) is 23.0 Å². The van der Waals surface area contributed by atoms with Crippen LogP contribution in [0, 0.1) is 12.7 Å². The second-order valence-corrected chi connectivity index (χ2v) is 3.03. The number of nitrogens with zero attached hydrogens (tertiary/aromatic N) is 1. The minimum atomic E-state index is -4.94. The predicted octanol–water partition coefficient (Wildman–Crippen LogP) is 3.17. The number of fused-ring (bicyclic) bond motifs is 1. The maximum absolute atomic E-state index is 13.2. The van der Waals surface area contributed by atoms with Crippen molar-refractivity contribution in [3.8, 4) is 5.75 Å². The molecule has 3 nitrogen and oxygen atoms in total. The molecule has 0 N–H and O–H groups in total. The van der Waals surface area contributed by atoms with Crippen molar-refractivity contribution in [2.24, 2.45) is 0 Å². The molecule has 0 aliphatic carbocycles. The van der Waals surface area contributed by atoms with Crippen LogP contribution in [-0.4, -0.2) is 11.3 Å². The standard InChI is InChI=1S/C9H5F4NO2/c1-4-14-6-2-5(10)7(3-8(6)15-4)16-9(11,12)13/h2-3H,1H3. The van der Waals surface area contributed by atoms with Gasteiger partial charge in [-0.05, 0) is 0 Å². The van der Waals surface area contributed by atoms with Crippen LogP contribution >= 0.6 is 0 Å². The Bertz CT molecular complexity index is 532. The van der Waals surface area contributed by atoms with E-state index in [9.17, 15) is 17.6 Å². The van der Waals surface area contributed by atoms with Gasteiger partial charge in [-0.25, -0.2) is 9.37 Å². The number of rotatable bonds is 1. The van der Waals surface area contributed by atoms with Gasteiger partial charge in [0.2, 0.25) is 0 Å². The highest BCUT2D eigenvalue weighted by Crippen LogP contribution is 2.29. The lowest BCUT2D eigenvalue weighted by atomic mass is 10.3. The van der Waals surface area contributed by atoms with E-state index >= 15 is 0 Å². The van der Waals surface area contributed by atoms with E-state index in [0.717, 1.165) is 12.1 Å². The first-order chi connectivity index (χ1) is 7.35. The quantitative estimate of drug-likeness (QED) is 0.712. The van der Waals surface area contributed by atoms with Gasteiger partial charge >= 0.3 is 6.36 Å². The summed E-state index contributed by atoms with van der Waals surface area (Å²) < 4.78 is 57.3. The van der Waals surface area contributed by atoms with Crippen LogP contribution in [0.4, 0.5) is 17.6 Å². The minimum Gasteiger partial charge on any atom is -0.441 e. The Hall–Kier alpha value is -1.79. The summed E-state index contributed by atoms with van der Waals surface area (Å²) in [5.74, 6) is -1.84. The lowest BCUT2D eigenvalue weighted by molar-refractivity contribution is -0.275. The Labute approximate surface area is 86.6 Å². The Balaban J connectivity index is 2.49. The van der Waals surface area contributed by atoms with Crippen LogP contribution in [0.5, 0.6) is 5.75 Å². The lowest BCUT2D eigenvalue weighted by Gasteiger charge is -2.08. The fraction of sp³-hybridized carbons (Fsp3) is 0.222.